The highest BCUT2D eigenvalue weighted by Crippen LogP contribution is 2.64. The lowest BCUT2D eigenvalue weighted by Gasteiger charge is -2.54. The normalized spacial score (nSPS) is 22.1. The molecule has 2 saturated carbocycles. The average Bonchev–Trinajstić information content (AvgIpc) is 3.53. The van der Waals surface area contributed by atoms with Crippen LogP contribution < -0.4 is 0 Å². The van der Waals surface area contributed by atoms with Gasteiger partial charge in [0.15, 0.2) is 17.5 Å². The van der Waals surface area contributed by atoms with Crippen molar-refractivity contribution in [3.8, 4) is 73.6 Å². The molecule has 0 aliphatic heterocycles. The van der Waals surface area contributed by atoms with Gasteiger partial charge in [-0.3, -0.25) is 0 Å². The third-order valence-corrected chi connectivity index (χ3v) is 12.9. The van der Waals surface area contributed by atoms with Gasteiger partial charge in [-0.05, 0) is 112 Å². The Morgan fingerprint density at radius 3 is 1.53 bits per heavy atom. The second kappa shape index (κ2) is 13.3. The van der Waals surface area contributed by atoms with E-state index in [4.69, 9.17) is 15.0 Å². The van der Waals surface area contributed by atoms with Crippen LogP contribution in [0.5, 0.6) is 0 Å². The molecule has 1 spiro atoms. The van der Waals surface area contributed by atoms with Crippen molar-refractivity contribution in [3.05, 3.63) is 162 Å². The van der Waals surface area contributed by atoms with Crippen molar-refractivity contribution in [2.45, 2.75) is 44.9 Å². The van der Waals surface area contributed by atoms with Crippen molar-refractivity contribution in [1.82, 2.24) is 15.0 Å². The van der Waals surface area contributed by atoms with Crippen molar-refractivity contribution in [2.75, 3.05) is 0 Å². The number of fused-ring (bicyclic) bond motifs is 8. The summed E-state index contributed by atoms with van der Waals surface area (Å²) in [5, 5.41) is 9.92. The first-order valence-corrected chi connectivity index (χ1v) is 19.8. The molecule has 0 N–H and O–H groups in total. The Kier molecular flexibility index (Phi) is 8.07. The standard InChI is InChI=1S/C51H42N4/c1-32-25-35-27-33(2)51(43(26-32)28-35)46-23-13-34(31-52)29-44(46)45-30-42(22-24-47(45)51)38-16-14-36(15-17-38)37-18-20-41(21-19-37)50-54-48(39-9-5-3-6-10-39)53-49(55-50)40-11-7-4-8-12-40/h3-24,29-30,32-33,35,43H,25-28H2,1-2H3. The van der Waals surface area contributed by atoms with Gasteiger partial charge in [-0.1, -0.05) is 141 Å². The summed E-state index contributed by atoms with van der Waals surface area (Å²) in [6.45, 7) is 4.96. The van der Waals surface area contributed by atoms with Crippen LogP contribution >= 0.6 is 0 Å². The quantitative estimate of drug-likeness (QED) is 0.178. The number of nitrogens with zero attached hydrogens (tertiary/aromatic N) is 4. The zero-order valence-electron chi connectivity index (χ0n) is 31.3. The molecule has 0 saturated heterocycles. The van der Waals surface area contributed by atoms with Crippen LogP contribution in [-0.2, 0) is 5.41 Å². The van der Waals surface area contributed by atoms with Crippen LogP contribution in [0.25, 0.3) is 67.5 Å². The summed E-state index contributed by atoms with van der Waals surface area (Å²) in [6.07, 6.45) is 5.25. The SMILES string of the molecule is CC1CC2CC(C)C3(c4ccc(C#N)cc4-c4cc(-c5ccc(-c6ccc(-c7nc(-c8ccccc8)nc(-c8ccccc8)n7)cc6)cc5)ccc43)C(C1)C2. The summed E-state index contributed by atoms with van der Waals surface area (Å²) >= 11 is 0. The van der Waals surface area contributed by atoms with E-state index in [1.54, 1.807) is 0 Å². The Morgan fingerprint density at radius 1 is 0.491 bits per heavy atom. The highest BCUT2D eigenvalue weighted by molar-refractivity contribution is 5.86. The number of hydrogen-bond acceptors (Lipinski definition) is 4. The van der Waals surface area contributed by atoms with Gasteiger partial charge >= 0.3 is 0 Å². The van der Waals surface area contributed by atoms with Crippen LogP contribution in [-0.4, -0.2) is 15.0 Å². The lowest BCUT2D eigenvalue weighted by Crippen LogP contribution is -2.49. The molecule has 266 valence electrons. The third-order valence-electron chi connectivity index (χ3n) is 12.9. The van der Waals surface area contributed by atoms with Gasteiger partial charge in [-0.2, -0.15) is 5.26 Å². The molecule has 5 unspecified atom stereocenters. The van der Waals surface area contributed by atoms with Crippen molar-refractivity contribution in [3.63, 3.8) is 0 Å². The minimum absolute atomic E-state index is 0.0198. The predicted molar refractivity (Wildman–Crippen MR) is 222 cm³/mol. The fraction of sp³-hybridized carbons (Fsp3) is 0.216. The first-order chi connectivity index (χ1) is 27.0. The summed E-state index contributed by atoms with van der Waals surface area (Å²) < 4.78 is 0. The molecule has 1 heterocycles. The van der Waals surface area contributed by atoms with E-state index in [2.05, 4.69) is 105 Å². The van der Waals surface area contributed by atoms with E-state index in [1.807, 2.05) is 60.7 Å². The smallest absolute Gasteiger partial charge is 0.164 e. The molecule has 55 heavy (non-hydrogen) atoms. The zero-order valence-corrected chi connectivity index (χ0v) is 31.3. The van der Waals surface area contributed by atoms with Gasteiger partial charge < -0.3 is 0 Å². The summed E-state index contributed by atoms with van der Waals surface area (Å²) in [6, 6.07) is 53.7. The van der Waals surface area contributed by atoms with Crippen LogP contribution in [0.3, 0.4) is 0 Å². The molecule has 6 aromatic carbocycles. The van der Waals surface area contributed by atoms with Crippen LogP contribution in [0.15, 0.2) is 146 Å². The minimum Gasteiger partial charge on any atom is -0.208 e. The van der Waals surface area contributed by atoms with E-state index in [-0.39, 0.29) is 5.41 Å². The van der Waals surface area contributed by atoms with Gasteiger partial charge in [0, 0.05) is 22.1 Å². The highest BCUT2D eigenvalue weighted by Gasteiger charge is 2.56. The Morgan fingerprint density at radius 2 is 0.964 bits per heavy atom. The van der Waals surface area contributed by atoms with Gasteiger partial charge in [0.1, 0.15) is 0 Å². The molecule has 1 aromatic heterocycles. The fourth-order valence-corrected chi connectivity index (χ4v) is 10.6. The number of benzene rings is 6. The second-order valence-electron chi connectivity index (χ2n) is 16.2. The van der Waals surface area contributed by atoms with Crippen molar-refractivity contribution in [2.24, 2.45) is 23.7 Å². The molecule has 5 atom stereocenters. The van der Waals surface area contributed by atoms with Gasteiger partial charge in [-0.15, -0.1) is 0 Å². The molecule has 3 aliphatic carbocycles. The Bertz CT molecular complexity index is 2530. The molecular formula is C51H42N4. The Hall–Kier alpha value is -6.18. The van der Waals surface area contributed by atoms with Crippen LogP contribution in [0.1, 0.15) is 56.2 Å². The molecule has 0 amide bonds. The highest BCUT2D eigenvalue weighted by atomic mass is 15.0. The summed E-state index contributed by atoms with van der Waals surface area (Å²) in [5.74, 6) is 4.76. The minimum atomic E-state index is 0.0198. The predicted octanol–water partition coefficient (Wildman–Crippen LogP) is 12.4. The van der Waals surface area contributed by atoms with Crippen LogP contribution in [0.2, 0.25) is 0 Å². The second-order valence-corrected chi connectivity index (χ2v) is 16.2. The number of nitriles is 1. The molecule has 4 heteroatoms. The maximum atomic E-state index is 9.92. The zero-order chi connectivity index (χ0) is 37.1. The van der Waals surface area contributed by atoms with Crippen molar-refractivity contribution >= 4 is 0 Å². The molecule has 4 nitrogen and oxygen atoms in total. The van der Waals surface area contributed by atoms with Crippen LogP contribution in [0.4, 0.5) is 0 Å². The molecular weight excluding hydrogens is 669 g/mol. The molecule has 7 aromatic rings. The van der Waals surface area contributed by atoms with Crippen LogP contribution in [0, 0.1) is 35.0 Å². The average molecular weight is 711 g/mol. The third kappa shape index (κ3) is 5.61. The van der Waals surface area contributed by atoms with E-state index < -0.39 is 0 Å². The van der Waals surface area contributed by atoms with E-state index in [1.165, 1.54) is 59.1 Å². The Balaban J connectivity index is 0.970. The molecule has 2 fully saturated rings. The van der Waals surface area contributed by atoms with E-state index in [0.717, 1.165) is 45.2 Å². The summed E-state index contributed by atoms with van der Waals surface area (Å²) in [4.78, 5) is 14.7. The molecule has 3 aliphatic rings. The van der Waals surface area contributed by atoms with Gasteiger partial charge in [-0.25, -0.2) is 15.0 Å². The monoisotopic (exact) mass is 710 g/mol. The number of aromatic nitrogens is 3. The largest absolute Gasteiger partial charge is 0.208 e. The molecule has 10 rings (SSSR count). The lowest BCUT2D eigenvalue weighted by molar-refractivity contribution is 0.0426. The first kappa shape index (κ1) is 33.4. The maximum absolute atomic E-state index is 9.92. The van der Waals surface area contributed by atoms with E-state index in [9.17, 15) is 5.26 Å². The fourth-order valence-electron chi connectivity index (χ4n) is 10.6. The van der Waals surface area contributed by atoms with E-state index >= 15 is 0 Å². The van der Waals surface area contributed by atoms with Gasteiger partial charge in [0.25, 0.3) is 0 Å². The number of hydrogen-bond donors (Lipinski definition) is 0. The first-order valence-electron chi connectivity index (χ1n) is 19.8. The van der Waals surface area contributed by atoms with Gasteiger partial charge in [0.05, 0.1) is 11.6 Å². The van der Waals surface area contributed by atoms with Crippen molar-refractivity contribution in [1.29, 1.82) is 5.26 Å². The topological polar surface area (TPSA) is 62.5 Å². The maximum Gasteiger partial charge on any atom is 0.164 e. The Labute approximate surface area is 323 Å². The lowest BCUT2D eigenvalue weighted by atomic mass is 9.49. The summed E-state index contributed by atoms with van der Waals surface area (Å²) in [5.41, 5.74) is 13.8. The summed E-state index contributed by atoms with van der Waals surface area (Å²) in [7, 11) is 0. The molecule has 2 bridgehead atoms. The number of rotatable bonds is 5. The van der Waals surface area contributed by atoms with E-state index in [0.29, 0.717) is 29.3 Å². The molecule has 0 radical (unpaired) electrons. The van der Waals surface area contributed by atoms with Gasteiger partial charge in [0.2, 0.25) is 0 Å². The van der Waals surface area contributed by atoms with Crippen molar-refractivity contribution < 1.29 is 0 Å².